The minimum absolute atomic E-state index is 0.269. The third-order valence-corrected chi connectivity index (χ3v) is 3.32. The van der Waals surface area contributed by atoms with Crippen LogP contribution in [0.3, 0.4) is 0 Å². The average Bonchev–Trinajstić information content (AvgIpc) is 2.94. The molecule has 98 valence electrons. The van der Waals surface area contributed by atoms with Crippen LogP contribution in [0.5, 0.6) is 0 Å². The molecule has 2 heterocycles. The lowest BCUT2D eigenvalue weighted by Gasteiger charge is -2.05. The first-order valence-electron chi connectivity index (χ1n) is 5.49. The van der Waals surface area contributed by atoms with Crippen molar-refractivity contribution in [2.75, 3.05) is 0 Å². The number of pyridine rings is 1. The van der Waals surface area contributed by atoms with Crippen molar-refractivity contribution < 1.29 is 9.59 Å². The SMILES string of the molecule is NNC(=O)c1ccsc1C(=O)NCc1ccccn1. The van der Waals surface area contributed by atoms with Gasteiger partial charge in [-0.05, 0) is 23.6 Å². The number of hydrazine groups is 1. The van der Waals surface area contributed by atoms with Crippen LogP contribution in [-0.2, 0) is 6.54 Å². The van der Waals surface area contributed by atoms with Crippen molar-refractivity contribution >= 4 is 23.2 Å². The van der Waals surface area contributed by atoms with E-state index in [0.717, 1.165) is 5.69 Å². The topological polar surface area (TPSA) is 97.1 Å². The van der Waals surface area contributed by atoms with Crippen molar-refractivity contribution in [1.82, 2.24) is 15.7 Å². The predicted molar refractivity (Wildman–Crippen MR) is 71.4 cm³/mol. The predicted octanol–water partition coefficient (Wildman–Crippen LogP) is 0.677. The minimum atomic E-state index is -0.482. The molecule has 0 radical (unpaired) electrons. The maximum atomic E-state index is 12.0. The maximum absolute atomic E-state index is 12.0. The molecule has 0 spiro atoms. The Morgan fingerprint density at radius 3 is 2.79 bits per heavy atom. The van der Waals surface area contributed by atoms with Gasteiger partial charge in [-0.25, -0.2) is 5.84 Å². The van der Waals surface area contributed by atoms with Crippen LogP contribution in [0.1, 0.15) is 25.7 Å². The summed E-state index contributed by atoms with van der Waals surface area (Å²) < 4.78 is 0. The maximum Gasteiger partial charge on any atom is 0.266 e. The van der Waals surface area contributed by atoms with Gasteiger partial charge in [-0.1, -0.05) is 6.07 Å². The van der Waals surface area contributed by atoms with Crippen molar-refractivity contribution in [3.63, 3.8) is 0 Å². The first kappa shape index (κ1) is 13.2. The number of nitrogens with two attached hydrogens (primary N) is 1. The van der Waals surface area contributed by atoms with E-state index in [9.17, 15) is 9.59 Å². The smallest absolute Gasteiger partial charge is 0.266 e. The summed E-state index contributed by atoms with van der Waals surface area (Å²) >= 11 is 1.19. The fourth-order valence-corrected chi connectivity index (χ4v) is 2.30. The van der Waals surface area contributed by atoms with Crippen LogP contribution in [-0.4, -0.2) is 16.8 Å². The number of carbonyl (C=O) groups is 2. The Bertz CT molecular complexity index is 582. The molecule has 2 amide bonds. The quantitative estimate of drug-likeness (QED) is 0.434. The van der Waals surface area contributed by atoms with Crippen LogP contribution >= 0.6 is 11.3 Å². The third kappa shape index (κ3) is 3.15. The van der Waals surface area contributed by atoms with Gasteiger partial charge in [0.2, 0.25) is 0 Å². The zero-order chi connectivity index (χ0) is 13.7. The van der Waals surface area contributed by atoms with E-state index in [0.29, 0.717) is 11.4 Å². The van der Waals surface area contributed by atoms with E-state index in [-0.39, 0.29) is 11.5 Å². The second kappa shape index (κ2) is 6.07. The Morgan fingerprint density at radius 1 is 1.26 bits per heavy atom. The van der Waals surface area contributed by atoms with Gasteiger partial charge in [-0.15, -0.1) is 11.3 Å². The normalized spacial score (nSPS) is 9.95. The lowest BCUT2D eigenvalue weighted by Crippen LogP contribution is -2.32. The Morgan fingerprint density at radius 2 is 2.11 bits per heavy atom. The van der Waals surface area contributed by atoms with Crippen molar-refractivity contribution in [1.29, 1.82) is 0 Å². The highest BCUT2D eigenvalue weighted by atomic mass is 32.1. The molecule has 0 aliphatic carbocycles. The number of aromatic nitrogens is 1. The summed E-state index contributed by atoms with van der Waals surface area (Å²) in [6.07, 6.45) is 1.65. The molecule has 0 atom stereocenters. The van der Waals surface area contributed by atoms with Crippen molar-refractivity contribution in [2.24, 2.45) is 5.84 Å². The number of nitrogens with zero attached hydrogens (tertiary/aromatic N) is 1. The fourth-order valence-electron chi connectivity index (χ4n) is 1.50. The van der Waals surface area contributed by atoms with Gasteiger partial charge in [-0.2, -0.15) is 0 Å². The first-order chi connectivity index (χ1) is 9.22. The van der Waals surface area contributed by atoms with Gasteiger partial charge >= 0.3 is 0 Å². The monoisotopic (exact) mass is 276 g/mol. The zero-order valence-corrected chi connectivity index (χ0v) is 10.7. The molecule has 0 saturated carbocycles. The molecule has 0 aliphatic rings. The van der Waals surface area contributed by atoms with E-state index in [1.807, 2.05) is 17.6 Å². The first-order valence-corrected chi connectivity index (χ1v) is 6.37. The highest BCUT2D eigenvalue weighted by Gasteiger charge is 2.17. The molecular weight excluding hydrogens is 264 g/mol. The molecule has 2 aromatic heterocycles. The van der Waals surface area contributed by atoms with Crippen molar-refractivity contribution in [3.05, 3.63) is 52.0 Å². The number of carbonyl (C=O) groups excluding carboxylic acids is 2. The highest BCUT2D eigenvalue weighted by molar-refractivity contribution is 7.12. The summed E-state index contributed by atoms with van der Waals surface area (Å²) in [7, 11) is 0. The number of nitrogens with one attached hydrogen (secondary N) is 2. The number of amides is 2. The molecule has 0 aliphatic heterocycles. The van der Waals surface area contributed by atoms with E-state index in [1.165, 1.54) is 11.3 Å². The van der Waals surface area contributed by atoms with Gasteiger partial charge in [0.25, 0.3) is 11.8 Å². The van der Waals surface area contributed by atoms with E-state index in [1.54, 1.807) is 23.7 Å². The van der Waals surface area contributed by atoms with Crippen molar-refractivity contribution in [3.8, 4) is 0 Å². The molecule has 4 N–H and O–H groups in total. The molecule has 0 fully saturated rings. The molecular formula is C12H12N4O2S. The fraction of sp³-hybridized carbons (Fsp3) is 0.0833. The summed E-state index contributed by atoms with van der Waals surface area (Å²) in [4.78, 5) is 27.9. The van der Waals surface area contributed by atoms with E-state index in [2.05, 4.69) is 10.3 Å². The number of hydrogen-bond donors (Lipinski definition) is 3. The van der Waals surface area contributed by atoms with Crippen LogP contribution in [0.2, 0.25) is 0 Å². The number of thiophene rings is 1. The average molecular weight is 276 g/mol. The standard InChI is InChI=1S/C12H12N4O2S/c13-16-11(17)9-4-6-19-10(9)12(18)15-7-8-3-1-2-5-14-8/h1-6H,7,13H2,(H,15,18)(H,16,17). The number of nitrogen functional groups attached to an aromatic ring is 1. The summed E-state index contributed by atoms with van der Waals surface area (Å²) in [5, 5.41) is 4.38. The summed E-state index contributed by atoms with van der Waals surface area (Å²) in [6, 6.07) is 7.01. The Kier molecular flexibility index (Phi) is 4.22. The van der Waals surface area contributed by atoms with Crippen LogP contribution < -0.4 is 16.6 Å². The molecule has 0 saturated heterocycles. The van der Waals surface area contributed by atoms with Crippen LogP contribution in [0.4, 0.5) is 0 Å². The van der Waals surface area contributed by atoms with Gasteiger partial charge in [0, 0.05) is 6.20 Å². The lowest BCUT2D eigenvalue weighted by atomic mass is 10.2. The molecule has 0 bridgehead atoms. The molecule has 2 rings (SSSR count). The molecule has 7 heteroatoms. The van der Waals surface area contributed by atoms with Crippen LogP contribution in [0.25, 0.3) is 0 Å². The molecule has 6 nitrogen and oxygen atoms in total. The Hall–Kier alpha value is -2.25. The third-order valence-electron chi connectivity index (χ3n) is 2.40. The molecule has 19 heavy (non-hydrogen) atoms. The Balaban J connectivity index is 2.05. The number of hydrogen-bond acceptors (Lipinski definition) is 5. The zero-order valence-electron chi connectivity index (χ0n) is 9.92. The molecule has 0 unspecified atom stereocenters. The second-order valence-electron chi connectivity index (χ2n) is 3.64. The van der Waals surface area contributed by atoms with E-state index in [4.69, 9.17) is 5.84 Å². The Labute approximate surface area is 113 Å². The lowest BCUT2D eigenvalue weighted by molar-refractivity contribution is 0.0921. The van der Waals surface area contributed by atoms with Gasteiger partial charge in [0.1, 0.15) is 4.88 Å². The summed E-state index contributed by atoms with van der Waals surface area (Å²) in [5.74, 6) is 4.26. The summed E-state index contributed by atoms with van der Waals surface area (Å²) in [6.45, 7) is 0.307. The van der Waals surface area contributed by atoms with Gasteiger partial charge in [0.05, 0.1) is 17.8 Å². The van der Waals surface area contributed by atoms with E-state index >= 15 is 0 Å². The number of rotatable bonds is 4. The van der Waals surface area contributed by atoms with Crippen LogP contribution in [0, 0.1) is 0 Å². The minimum Gasteiger partial charge on any atom is -0.346 e. The van der Waals surface area contributed by atoms with Crippen LogP contribution in [0.15, 0.2) is 35.8 Å². The molecule has 0 aromatic carbocycles. The second-order valence-corrected chi connectivity index (χ2v) is 4.56. The van der Waals surface area contributed by atoms with Gasteiger partial charge in [0.15, 0.2) is 0 Å². The van der Waals surface area contributed by atoms with Gasteiger partial charge < -0.3 is 5.32 Å². The van der Waals surface area contributed by atoms with Crippen molar-refractivity contribution in [2.45, 2.75) is 6.54 Å². The van der Waals surface area contributed by atoms with Gasteiger partial charge in [-0.3, -0.25) is 20.0 Å². The largest absolute Gasteiger partial charge is 0.346 e. The summed E-state index contributed by atoms with van der Waals surface area (Å²) in [5.41, 5.74) is 3.03. The molecule has 2 aromatic rings. The highest BCUT2D eigenvalue weighted by Crippen LogP contribution is 2.16. The van der Waals surface area contributed by atoms with E-state index < -0.39 is 5.91 Å².